The van der Waals surface area contributed by atoms with Crippen molar-refractivity contribution in [2.45, 2.75) is 13.8 Å². The maximum absolute atomic E-state index is 5.82. The molecule has 0 aliphatic carbocycles. The zero-order valence-electron chi connectivity index (χ0n) is 11.6. The van der Waals surface area contributed by atoms with E-state index in [1.165, 1.54) is 5.69 Å². The van der Waals surface area contributed by atoms with Crippen molar-refractivity contribution in [1.82, 2.24) is 0 Å². The maximum Gasteiger partial charge on any atom is 0.133 e. The van der Waals surface area contributed by atoms with E-state index < -0.39 is 0 Å². The molecule has 18 heavy (non-hydrogen) atoms. The van der Waals surface area contributed by atoms with Crippen LogP contribution >= 0.6 is 15.9 Å². The SMILES string of the molecule is COc1ccc(N(C)CC(CN)C(C)C)cc1Br. The van der Waals surface area contributed by atoms with Gasteiger partial charge in [0, 0.05) is 19.3 Å². The third-order valence-corrected chi connectivity index (χ3v) is 3.95. The number of hydrogen-bond donors (Lipinski definition) is 1. The maximum atomic E-state index is 5.82. The van der Waals surface area contributed by atoms with Gasteiger partial charge in [0.15, 0.2) is 0 Å². The number of nitrogens with zero attached hydrogens (tertiary/aromatic N) is 1. The number of nitrogens with two attached hydrogens (primary N) is 1. The Kier molecular flexibility index (Phi) is 5.96. The van der Waals surface area contributed by atoms with Crippen LogP contribution in [0.2, 0.25) is 0 Å². The summed E-state index contributed by atoms with van der Waals surface area (Å²) in [5.74, 6) is 1.96. The van der Waals surface area contributed by atoms with Crippen LogP contribution < -0.4 is 15.4 Å². The average molecular weight is 315 g/mol. The van der Waals surface area contributed by atoms with Crippen molar-refractivity contribution in [3.05, 3.63) is 22.7 Å². The van der Waals surface area contributed by atoms with Crippen molar-refractivity contribution < 1.29 is 4.74 Å². The van der Waals surface area contributed by atoms with E-state index in [2.05, 4.69) is 53.9 Å². The van der Waals surface area contributed by atoms with Gasteiger partial charge >= 0.3 is 0 Å². The summed E-state index contributed by atoms with van der Waals surface area (Å²) in [5, 5.41) is 0. The molecule has 0 heterocycles. The molecule has 0 fully saturated rings. The highest BCUT2D eigenvalue weighted by Gasteiger charge is 2.15. The molecule has 1 aromatic carbocycles. The van der Waals surface area contributed by atoms with Gasteiger partial charge in [0.1, 0.15) is 5.75 Å². The van der Waals surface area contributed by atoms with Crippen LogP contribution in [0.5, 0.6) is 5.75 Å². The van der Waals surface area contributed by atoms with E-state index >= 15 is 0 Å². The molecule has 1 unspecified atom stereocenters. The van der Waals surface area contributed by atoms with Gasteiger partial charge in [-0.15, -0.1) is 0 Å². The number of ether oxygens (including phenoxy) is 1. The summed E-state index contributed by atoms with van der Waals surface area (Å²) >= 11 is 3.51. The van der Waals surface area contributed by atoms with Gasteiger partial charge in [-0.05, 0) is 52.5 Å². The van der Waals surface area contributed by atoms with Gasteiger partial charge in [-0.2, -0.15) is 0 Å². The molecular weight excluding hydrogens is 292 g/mol. The van der Waals surface area contributed by atoms with Gasteiger partial charge in [0.05, 0.1) is 11.6 Å². The molecule has 0 radical (unpaired) electrons. The molecule has 0 spiro atoms. The van der Waals surface area contributed by atoms with Crippen molar-refractivity contribution in [2.24, 2.45) is 17.6 Å². The summed E-state index contributed by atoms with van der Waals surface area (Å²) in [6.45, 7) is 6.12. The smallest absolute Gasteiger partial charge is 0.133 e. The third kappa shape index (κ3) is 3.89. The number of benzene rings is 1. The predicted molar refractivity (Wildman–Crippen MR) is 81.3 cm³/mol. The minimum Gasteiger partial charge on any atom is -0.496 e. The zero-order valence-corrected chi connectivity index (χ0v) is 13.2. The third-order valence-electron chi connectivity index (χ3n) is 3.33. The van der Waals surface area contributed by atoms with E-state index in [-0.39, 0.29) is 0 Å². The minimum atomic E-state index is 0.510. The van der Waals surface area contributed by atoms with Gasteiger partial charge in [0.2, 0.25) is 0 Å². The van der Waals surface area contributed by atoms with E-state index in [4.69, 9.17) is 10.5 Å². The van der Waals surface area contributed by atoms with Gasteiger partial charge in [-0.3, -0.25) is 0 Å². The van der Waals surface area contributed by atoms with Gasteiger partial charge in [-0.1, -0.05) is 13.8 Å². The lowest BCUT2D eigenvalue weighted by molar-refractivity contribution is 0.397. The molecule has 1 aromatic rings. The van der Waals surface area contributed by atoms with E-state index in [9.17, 15) is 0 Å². The molecular formula is C14H23BrN2O. The highest BCUT2D eigenvalue weighted by Crippen LogP contribution is 2.29. The summed E-state index contributed by atoms with van der Waals surface area (Å²) < 4.78 is 6.21. The van der Waals surface area contributed by atoms with Crippen LogP contribution in [0.3, 0.4) is 0 Å². The van der Waals surface area contributed by atoms with E-state index in [0.29, 0.717) is 11.8 Å². The second kappa shape index (κ2) is 7.00. The number of halogens is 1. The molecule has 1 atom stereocenters. The fraction of sp³-hybridized carbons (Fsp3) is 0.571. The average Bonchev–Trinajstić information content (AvgIpc) is 2.35. The van der Waals surface area contributed by atoms with Crippen LogP contribution in [0, 0.1) is 11.8 Å². The first kappa shape index (κ1) is 15.3. The predicted octanol–water partition coefficient (Wildman–Crippen LogP) is 3.12. The first-order valence-corrected chi connectivity index (χ1v) is 7.03. The second-order valence-corrected chi connectivity index (χ2v) is 5.79. The number of hydrogen-bond acceptors (Lipinski definition) is 3. The lowest BCUT2D eigenvalue weighted by atomic mass is 9.95. The van der Waals surface area contributed by atoms with Crippen LogP contribution in [0.25, 0.3) is 0 Å². The van der Waals surface area contributed by atoms with E-state index in [1.54, 1.807) is 7.11 Å². The lowest BCUT2D eigenvalue weighted by Crippen LogP contribution is -2.33. The monoisotopic (exact) mass is 314 g/mol. The van der Waals surface area contributed by atoms with Crippen LogP contribution in [-0.4, -0.2) is 27.2 Å². The second-order valence-electron chi connectivity index (χ2n) is 4.94. The highest BCUT2D eigenvalue weighted by molar-refractivity contribution is 9.10. The molecule has 0 amide bonds. The largest absolute Gasteiger partial charge is 0.496 e. The quantitative estimate of drug-likeness (QED) is 0.876. The summed E-state index contributed by atoms with van der Waals surface area (Å²) in [6, 6.07) is 6.12. The molecule has 0 bridgehead atoms. The molecule has 1 rings (SSSR count). The summed E-state index contributed by atoms with van der Waals surface area (Å²) in [6.07, 6.45) is 0. The summed E-state index contributed by atoms with van der Waals surface area (Å²) in [5.41, 5.74) is 6.99. The zero-order chi connectivity index (χ0) is 13.7. The molecule has 2 N–H and O–H groups in total. The standard InChI is InChI=1S/C14H23BrN2O/c1-10(2)11(8-16)9-17(3)12-5-6-14(18-4)13(15)7-12/h5-7,10-11H,8-9,16H2,1-4H3. The van der Waals surface area contributed by atoms with Crippen LogP contribution in [-0.2, 0) is 0 Å². The van der Waals surface area contributed by atoms with Crippen LogP contribution in [0.1, 0.15) is 13.8 Å². The molecule has 0 aromatic heterocycles. The van der Waals surface area contributed by atoms with Crippen LogP contribution in [0.15, 0.2) is 22.7 Å². The number of methoxy groups -OCH3 is 1. The Morgan fingerprint density at radius 2 is 2.06 bits per heavy atom. The van der Waals surface area contributed by atoms with Crippen molar-refractivity contribution >= 4 is 21.6 Å². The lowest BCUT2D eigenvalue weighted by Gasteiger charge is -2.27. The van der Waals surface area contributed by atoms with Crippen molar-refractivity contribution in [1.29, 1.82) is 0 Å². The minimum absolute atomic E-state index is 0.510. The first-order chi connectivity index (χ1) is 8.49. The van der Waals surface area contributed by atoms with Gasteiger partial charge in [0.25, 0.3) is 0 Å². The fourth-order valence-electron chi connectivity index (χ4n) is 1.91. The van der Waals surface area contributed by atoms with Crippen molar-refractivity contribution in [3.8, 4) is 5.75 Å². The molecule has 4 heteroatoms. The molecule has 3 nitrogen and oxygen atoms in total. The first-order valence-electron chi connectivity index (χ1n) is 6.24. The highest BCUT2D eigenvalue weighted by atomic mass is 79.9. The summed E-state index contributed by atoms with van der Waals surface area (Å²) in [7, 11) is 3.77. The molecule has 0 saturated carbocycles. The molecule has 0 aliphatic heterocycles. The van der Waals surface area contributed by atoms with Gasteiger partial charge in [-0.25, -0.2) is 0 Å². The van der Waals surface area contributed by atoms with Crippen molar-refractivity contribution in [2.75, 3.05) is 32.1 Å². The van der Waals surface area contributed by atoms with Gasteiger partial charge < -0.3 is 15.4 Å². The summed E-state index contributed by atoms with van der Waals surface area (Å²) in [4.78, 5) is 2.24. The Morgan fingerprint density at radius 3 is 2.50 bits per heavy atom. The van der Waals surface area contributed by atoms with Crippen molar-refractivity contribution in [3.63, 3.8) is 0 Å². The Hall–Kier alpha value is -0.740. The Labute approximate surface area is 118 Å². The normalized spacial score (nSPS) is 12.6. The molecule has 0 saturated heterocycles. The Balaban J connectivity index is 2.77. The molecule has 102 valence electrons. The number of anilines is 1. The fourth-order valence-corrected chi connectivity index (χ4v) is 2.44. The Bertz CT molecular complexity index is 382. The van der Waals surface area contributed by atoms with E-state index in [1.807, 2.05) is 6.07 Å². The van der Waals surface area contributed by atoms with E-state index in [0.717, 1.165) is 23.3 Å². The Morgan fingerprint density at radius 1 is 1.39 bits per heavy atom. The number of rotatable bonds is 6. The molecule has 0 aliphatic rings. The van der Waals surface area contributed by atoms with Crippen LogP contribution in [0.4, 0.5) is 5.69 Å². The topological polar surface area (TPSA) is 38.5 Å².